The first kappa shape index (κ1) is 10.6. The van der Waals surface area contributed by atoms with E-state index >= 15 is 0 Å². The smallest absolute Gasteiger partial charge is 0.290 e. The molecule has 0 spiro atoms. The molecule has 0 heterocycles. The van der Waals surface area contributed by atoms with Crippen LogP contribution >= 0.6 is 0 Å². The molecule has 1 aliphatic rings. The molecule has 8 N–H and O–H groups in total. The molecule has 14 heavy (non-hydrogen) atoms. The van der Waals surface area contributed by atoms with Gasteiger partial charge in [0.05, 0.1) is 0 Å². The molecule has 8 nitrogen and oxygen atoms in total. The summed E-state index contributed by atoms with van der Waals surface area (Å²) in [4.78, 5) is 0. The number of hydrogen-bond acceptors (Lipinski definition) is 8. The Kier molecular flexibility index (Phi) is 1.90. The van der Waals surface area contributed by atoms with Gasteiger partial charge in [-0.3, -0.25) is 0 Å². The molecule has 0 fully saturated rings. The summed E-state index contributed by atoms with van der Waals surface area (Å²) in [5.41, 5.74) is 0. The molecule has 0 saturated heterocycles. The molecule has 0 radical (unpaired) electrons. The maximum Gasteiger partial charge on any atom is 0.290 e. The molecule has 0 aliphatic heterocycles. The van der Waals surface area contributed by atoms with E-state index in [-0.39, 0.29) is 0 Å². The van der Waals surface area contributed by atoms with Crippen molar-refractivity contribution in [2.75, 3.05) is 0 Å². The Hall–Kier alpha value is -1.48. The van der Waals surface area contributed by atoms with Gasteiger partial charge in [-0.25, -0.2) is 0 Å². The molecule has 1 aliphatic carbocycles. The third kappa shape index (κ3) is 0.960. The third-order valence-electron chi connectivity index (χ3n) is 1.82. The van der Waals surface area contributed by atoms with E-state index in [1.807, 2.05) is 0 Å². The summed E-state index contributed by atoms with van der Waals surface area (Å²) in [6, 6.07) is 0. The highest BCUT2D eigenvalue weighted by Gasteiger charge is 2.60. The Labute approximate surface area is 76.5 Å². The van der Waals surface area contributed by atoms with Crippen molar-refractivity contribution >= 4 is 0 Å². The maximum absolute atomic E-state index is 8.91. The van der Waals surface area contributed by atoms with Crippen LogP contribution in [0.1, 0.15) is 0 Å². The third-order valence-corrected chi connectivity index (χ3v) is 1.82. The SMILES string of the molecule is OC1=C(O)C(O)(O)C(O)(O)C(O)=C1O. The van der Waals surface area contributed by atoms with E-state index in [0.717, 1.165) is 0 Å². The Bertz CT molecular complexity index is 302. The normalized spacial score (nSPS) is 25.4. The van der Waals surface area contributed by atoms with E-state index in [2.05, 4.69) is 0 Å². The van der Waals surface area contributed by atoms with Gasteiger partial charge in [0.1, 0.15) is 0 Å². The van der Waals surface area contributed by atoms with Gasteiger partial charge in [-0.15, -0.1) is 0 Å². The zero-order valence-corrected chi connectivity index (χ0v) is 6.58. The average Bonchev–Trinajstić information content (AvgIpc) is 2.10. The lowest BCUT2D eigenvalue weighted by Gasteiger charge is -2.36. The highest BCUT2D eigenvalue weighted by molar-refractivity contribution is 5.37. The fourth-order valence-electron chi connectivity index (χ4n) is 0.885. The zero-order chi connectivity index (χ0) is 11.3. The van der Waals surface area contributed by atoms with E-state index in [1.165, 1.54) is 0 Å². The van der Waals surface area contributed by atoms with Gasteiger partial charge >= 0.3 is 0 Å². The molecule has 1 rings (SSSR count). The summed E-state index contributed by atoms with van der Waals surface area (Å²) in [6.45, 7) is 0. The second-order valence-electron chi connectivity index (χ2n) is 2.74. The van der Waals surface area contributed by atoms with Crippen molar-refractivity contribution in [3.63, 3.8) is 0 Å². The van der Waals surface area contributed by atoms with Crippen LogP contribution in [-0.2, 0) is 0 Å². The van der Waals surface area contributed by atoms with Crippen molar-refractivity contribution in [1.29, 1.82) is 0 Å². The summed E-state index contributed by atoms with van der Waals surface area (Å²) in [5.74, 6) is -13.8. The predicted octanol–water partition coefficient (Wildman–Crippen LogP) is -1.98. The van der Waals surface area contributed by atoms with Gasteiger partial charge < -0.3 is 40.9 Å². The van der Waals surface area contributed by atoms with Crippen LogP contribution in [0.2, 0.25) is 0 Å². The Morgan fingerprint density at radius 2 is 0.786 bits per heavy atom. The number of aliphatic hydroxyl groups excluding tert-OH is 4. The van der Waals surface area contributed by atoms with Gasteiger partial charge in [0.2, 0.25) is 23.0 Å². The first-order chi connectivity index (χ1) is 6.14. The minimum absolute atomic E-state index is 1.47. The summed E-state index contributed by atoms with van der Waals surface area (Å²) in [5, 5.41) is 70.9. The van der Waals surface area contributed by atoms with Crippen LogP contribution in [0, 0.1) is 0 Å². The minimum atomic E-state index is -3.71. The van der Waals surface area contributed by atoms with E-state index in [9.17, 15) is 0 Å². The molecule has 0 unspecified atom stereocenters. The molecule has 8 heteroatoms. The van der Waals surface area contributed by atoms with Crippen molar-refractivity contribution in [3.05, 3.63) is 23.0 Å². The fourth-order valence-corrected chi connectivity index (χ4v) is 0.885. The molecular formula is C6H8O8. The van der Waals surface area contributed by atoms with Gasteiger partial charge in [0.25, 0.3) is 11.6 Å². The topological polar surface area (TPSA) is 162 Å². The van der Waals surface area contributed by atoms with Gasteiger partial charge in [0, 0.05) is 0 Å². The standard InChI is InChI=1S/C6H8O8/c7-1-2(8)4(10)6(13,14)5(11,12)3(1)9/h7-14H. The van der Waals surface area contributed by atoms with E-state index in [0.29, 0.717) is 0 Å². The molecule has 80 valence electrons. The van der Waals surface area contributed by atoms with Crippen LogP contribution in [0.5, 0.6) is 0 Å². The van der Waals surface area contributed by atoms with Crippen LogP contribution in [-0.4, -0.2) is 52.4 Å². The quantitative estimate of drug-likeness (QED) is 0.212. The molecule has 0 amide bonds. The van der Waals surface area contributed by atoms with Crippen LogP contribution < -0.4 is 0 Å². The number of aliphatic hydroxyl groups is 8. The van der Waals surface area contributed by atoms with Crippen molar-refractivity contribution in [3.8, 4) is 0 Å². The Morgan fingerprint density at radius 3 is 1.00 bits per heavy atom. The molecule has 0 saturated carbocycles. The lowest BCUT2D eigenvalue weighted by Crippen LogP contribution is -2.59. The summed E-state index contributed by atoms with van der Waals surface area (Å²) < 4.78 is 0. The largest absolute Gasteiger partial charge is 0.504 e. The highest BCUT2D eigenvalue weighted by Crippen LogP contribution is 2.37. The van der Waals surface area contributed by atoms with Gasteiger partial charge in [-0.1, -0.05) is 0 Å². The number of rotatable bonds is 0. The fraction of sp³-hybridized carbons (Fsp3) is 0.333. The molecular weight excluding hydrogens is 200 g/mol. The summed E-state index contributed by atoms with van der Waals surface area (Å²) >= 11 is 0. The summed E-state index contributed by atoms with van der Waals surface area (Å²) in [6.07, 6.45) is 0. The van der Waals surface area contributed by atoms with E-state index < -0.39 is 34.6 Å². The van der Waals surface area contributed by atoms with Crippen molar-refractivity contribution in [2.24, 2.45) is 0 Å². The van der Waals surface area contributed by atoms with Crippen LogP contribution in [0.15, 0.2) is 23.0 Å². The molecule has 0 aromatic heterocycles. The van der Waals surface area contributed by atoms with Crippen LogP contribution in [0.25, 0.3) is 0 Å². The number of hydrogen-bond donors (Lipinski definition) is 8. The van der Waals surface area contributed by atoms with Crippen molar-refractivity contribution < 1.29 is 40.9 Å². The lowest BCUT2D eigenvalue weighted by molar-refractivity contribution is -0.343. The van der Waals surface area contributed by atoms with Crippen LogP contribution in [0.3, 0.4) is 0 Å². The van der Waals surface area contributed by atoms with Crippen molar-refractivity contribution in [1.82, 2.24) is 0 Å². The molecule has 0 bridgehead atoms. The molecule has 0 aromatic rings. The van der Waals surface area contributed by atoms with Gasteiger partial charge in [0.15, 0.2) is 0 Å². The van der Waals surface area contributed by atoms with Crippen LogP contribution in [0.4, 0.5) is 0 Å². The molecule has 0 atom stereocenters. The molecule has 0 aromatic carbocycles. The van der Waals surface area contributed by atoms with E-state index in [1.54, 1.807) is 0 Å². The van der Waals surface area contributed by atoms with E-state index in [4.69, 9.17) is 40.9 Å². The Balaban J connectivity index is 3.48. The lowest BCUT2D eigenvalue weighted by atomic mass is 9.94. The predicted molar refractivity (Wildman–Crippen MR) is 38.9 cm³/mol. The van der Waals surface area contributed by atoms with Gasteiger partial charge in [-0.05, 0) is 0 Å². The second-order valence-corrected chi connectivity index (χ2v) is 2.74. The zero-order valence-electron chi connectivity index (χ0n) is 6.58. The van der Waals surface area contributed by atoms with Gasteiger partial charge in [-0.2, -0.15) is 0 Å². The average molecular weight is 208 g/mol. The first-order valence-electron chi connectivity index (χ1n) is 3.29. The summed E-state index contributed by atoms with van der Waals surface area (Å²) in [7, 11) is 0. The highest BCUT2D eigenvalue weighted by atomic mass is 16.6. The Morgan fingerprint density at radius 1 is 0.571 bits per heavy atom. The second kappa shape index (κ2) is 2.51. The minimum Gasteiger partial charge on any atom is -0.504 e. The monoisotopic (exact) mass is 208 g/mol. The first-order valence-corrected chi connectivity index (χ1v) is 3.29. The van der Waals surface area contributed by atoms with Crippen molar-refractivity contribution in [2.45, 2.75) is 11.6 Å². The maximum atomic E-state index is 8.91.